The van der Waals surface area contributed by atoms with Crippen LogP contribution < -0.4 is 15.4 Å². The molecule has 1 fully saturated rings. The van der Waals surface area contributed by atoms with Gasteiger partial charge in [-0.1, -0.05) is 12.1 Å². The lowest BCUT2D eigenvalue weighted by atomic mass is 10.1. The van der Waals surface area contributed by atoms with Crippen molar-refractivity contribution in [3.8, 4) is 5.75 Å². The molecule has 1 aliphatic carbocycles. The smallest absolute Gasteiger partial charge is 0.191 e. The first-order valence-electron chi connectivity index (χ1n) is 8.79. The maximum Gasteiger partial charge on any atom is 0.191 e. The van der Waals surface area contributed by atoms with Crippen molar-refractivity contribution >= 4 is 29.9 Å². The number of rotatable bonds is 8. The van der Waals surface area contributed by atoms with Gasteiger partial charge < -0.3 is 20.3 Å². The van der Waals surface area contributed by atoms with Gasteiger partial charge in [0.2, 0.25) is 0 Å². The van der Waals surface area contributed by atoms with Crippen LogP contribution in [0.2, 0.25) is 0 Å². The van der Waals surface area contributed by atoms with Gasteiger partial charge in [0.1, 0.15) is 5.75 Å². The molecule has 1 aromatic rings. The highest BCUT2D eigenvalue weighted by Crippen LogP contribution is 2.34. The first-order chi connectivity index (χ1) is 11.5. The van der Waals surface area contributed by atoms with Crippen LogP contribution in [0.5, 0.6) is 5.75 Å². The predicted molar refractivity (Wildman–Crippen MR) is 116 cm³/mol. The van der Waals surface area contributed by atoms with Crippen LogP contribution in [0, 0.1) is 12.8 Å². The van der Waals surface area contributed by atoms with Gasteiger partial charge in [-0.05, 0) is 63.4 Å². The largest absolute Gasteiger partial charge is 0.496 e. The number of halogens is 1. The molecule has 0 radical (unpaired) electrons. The van der Waals surface area contributed by atoms with Gasteiger partial charge in [-0.2, -0.15) is 0 Å². The average molecular weight is 460 g/mol. The Bertz CT molecular complexity index is 556. The normalized spacial score (nSPS) is 15.5. The summed E-state index contributed by atoms with van der Waals surface area (Å²) in [4.78, 5) is 6.65. The monoisotopic (exact) mass is 460 g/mol. The van der Waals surface area contributed by atoms with Gasteiger partial charge >= 0.3 is 0 Å². The van der Waals surface area contributed by atoms with Crippen molar-refractivity contribution in [1.29, 1.82) is 0 Å². The van der Waals surface area contributed by atoms with Crippen LogP contribution in [0.15, 0.2) is 23.2 Å². The fourth-order valence-electron chi connectivity index (χ4n) is 3.02. The maximum absolute atomic E-state index is 5.39. The summed E-state index contributed by atoms with van der Waals surface area (Å²) < 4.78 is 5.39. The zero-order valence-corrected chi connectivity index (χ0v) is 18.5. The SMILES string of the molecule is CN=C(NCCc1ccc(C)c(OC)c1)NCC(C1CC1)N(C)C.I. The summed E-state index contributed by atoms with van der Waals surface area (Å²) in [5.74, 6) is 2.67. The number of hydrogen-bond acceptors (Lipinski definition) is 3. The Morgan fingerprint density at radius 1 is 1.32 bits per heavy atom. The number of hydrogen-bond donors (Lipinski definition) is 2. The molecule has 1 unspecified atom stereocenters. The van der Waals surface area contributed by atoms with E-state index in [1.807, 2.05) is 7.05 Å². The van der Waals surface area contributed by atoms with Crippen molar-refractivity contribution in [2.45, 2.75) is 32.2 Å². The van der Waals surface area contributed by atoms with Crippen LogP contribution in [0.25, 0.3) is 0 Å². The number of methoxy groups -OCH3 is 1. The molecule has 1 aromatic carbocycles. The van der Waals surface area contributed by atoms with Crippen LogP contribution in [0.3, 0.4) is 0 Å². The van der Waals surface area contributed by atoms with Crippen LogP contribution in [-0.2, 0) is 6.42 Å². The van der Waals surface area contributed by atoms with E-state index in [9.17, 15) is 0 Å². The summed E-state index contributed by atoms with van der Waals surface area (Å²) in [7, 11) is 7.86. The van der Waals surface area contributed by atoms with Gasteiger partial charge in [-0.25, -0.2) is 0 Å². The number of ether oxygens (including phenoxy) is 1. The zero-order valence-electron chi connectivity index (χ0n) is 16.1. The predicted octanol–water partition coefficient (Wildman–Crippen LogP) is 2.67. The van der Waals surface area contributed by atoms with Crippen LogP contribution >= 0.6 is 24.0 Å². The minimum absolute atomic E-state index is 0. The third-order valence-corrected chi connectivity index (χ3v) is 4.71. The van der Waals surface area contributed by atoms with Crippen LogP contribution in [-0.4, -0.2) is 58.2 Å². The van der Waals surface area contributed by atoms with Crippen molar-refractivity contribution in [2.75, 3.05) is 41.3 Å². The van der Waals surface area contributed by atoms with E-state index >= 15 is 0 Å². The molecule has 1 saturated carbocycles. The molecule has 0 heterocycles. The Morgan fingerprint density at radius 3 is 2.60 bits per heavy atom. The topological polar surface area (TPSA) is 48.9 Å². The Hall–Kier alpha value is -1.02. The van der Waals surface area contributed by atoms with Crippen LogP contribution in [0.4, 0.5) is 0 Å². The quantitative estimate of drug-likeness (QED) is 0.356. The summed E-state index contributed by atoms with van der Waals surface area (Å²) in [5, 5.41) is 6.87. The lowest BCUT2D eigenvalue weighted by Crippen LogP contribution is -2.46. The maximum atomic E-state index is 5.39. The van der Waals surface area contributed by atoms with Crippen molar-refractivity contribution in [3.05, 3.63) is 29.3 Å². The molecule has 6 heteroatoms. The lowest BCUT2D eigenvalue weighted by molar-refractivity contribution is 0.264. The number of aliphatic imine (C=N–C) groups is 1. The molecular formula is C19H33IN4O. The van der Waals surface area contributed by atoms with E-state index in [0.717, 1.165) is 37.1 Å². The molecule has 5 nitrogen and oxygen atoms in total. The van der Waals surface area contributed by atoms with Crippen molar-refractivity contribution in [3.63, 3.8) is 0 Å². The molecule has 2 N–H and O–H groups in total. The average Bonchev–Trinajstić information content (AvgIpc) is 3.39. The number of aryl methyl sites for hydroxylation is 1. The number of nitrogens with zero attached hydrogens (tertiary/aromatic N) is 2. The molecule has 0 spiro atoms. The summed E-state index contributed by atoms with van der Waals surface area (Å²) in [6.07, 6.45) is 3.65. The Kier molecular flexibility index (Phi) is 9.56. The second-order valence-corrected chi connectivity index (χ2v) is 6.80. The summed E-state index contributed by atoms with van der Waals surface area (Å²) in [6, 6.07) is 6.97. The fourth-order valence-corrected chi connectivity index (χ4v) is 3.02. The second kappa shape index (κ2) is 10.9. The Morgan fingerprint density at radius 2 is 2.04 bits per heavy atom. The third-order valence-electron chi connectivity index (χ3n) is 4.71. The highest BCUT2D eigenvalue weighted by atomic mass is 127. The molecule has 0 amide bonds. The highest BCUT2D eigenvalue weighted by molar-refractivity contribution is 14.0. The summed E-state index contributed by atoms with van der Waals surface area (Å²) in [5.41, 5.74) is 2.44. The Labute approximate surface area is 169 Å². The molecule has 0 aliphatic heterocycles. The molecule has 142 valence electrons. The van der Waals surface area contributed by atoms with Crippen molar-refractivity contribution in [1.82, 2.24) is 15.5 Å². The van der Waals surface area contributed by atoms with Gasteiger partial charge in [0.05, 0.1) is 7.11 Å². The first kappa shape index (κ1) is 22.0. The lowest BCUT2D eigenvalue weighted by Gasteiger charge is -2.25. The molecule has 0 saturated heterocycles. The van der Waals surface area contributed by atoms with Crippen LogP contribution in [0.1, 0.15) is 24.0 Å². The molecule has 1 aliphatic rings. The van der Waals surface area contributed by atoms with Gasteiger partial charge in [0, 0.05) is 26.2 Å². The van der Waals surface area contributed by atoms with E-state index < -0.39 is 0 Å². The minimum atomic E-state index is 0. The standard InChI is InChI=1S/C19H32N4O.HI/c1-14-6-7-15(12-18(14)24-5)10-11-21-19(20-2)22-13-17(23(3)4)16-8-9-16;/h6-7,12,16-17H,8-11,13H2,1-5H3,(H2,20,21,22);1H. The fraction of sp³-hybridized carbons (Fsp3) is 0.632. The van der Waals surface area contributed by atoms with E-state index in [1.165, 1.54) is 24.0 Å². The molecule has 1 atom stereocenters. The van der Waals surface area contributed by atoms with Gasteiger partial charge in [0.25, 0.3) is 0 Å². The highest BCUT2D eigenvalue weighted by Gasteiger charge is 2.32. The zero-order chi connectivity index (χ0) is 17.5. The summed E-state index contributed by atoms with van der Waals surface area (Å²) >= 11 is 0. The van der Waals surface area contributed by atoms with E-state index in [4.69, 9.17) is 4.74 Å². The molecule has 0 aromatic heterocycles. The molecule has 2 rings (SSSR count). The molecular weight excluding hydrogens is 427 g/mol. The van der Waals surface area contributed by atoms with Gasteiger partial charge in [-0.3, -0.25) is 4.99 Å². The number of likely N-dealkylation sites (N-methyl/N-ethyl adjacent to an activating group) is 1. The number of nitrogens with one attached hydrogen (secondary N) is 2. The van der Waals surface area contributed by atoms with Crippen molar-refractivity contribution < 1.29 is 4.74 Å². The third kappa shape index (κ3) is 7.01. The van der Waals surface area contributed by atoms with E-state index in [1.54, 1.807) is 7.11 Å². The molecule has 0 bridgehead atoms. The summed E-state index contributed by atoms with van der Waals surface area (Å²) in [6.45, 7) is 3.85. The number of benzene rings is 1. The first-order valence-corrected chi connectivity index (χ1v) is 8.79. The van der Waals surface area contributed by atoms with E-state index in [0.29, 0.717) is 6.04 Å². The van der Waals surface area contributed by atoms with Gasteiger partial charge in [-0.15, -0.1) is 24.0 Å². The van der Waals surface area contributed by atoms with Gasteiger partial charge in [0.15, 0.2) is 5.96 Å². The van der Waals surface area contributed by atoms with E-state index in [-0.39, 0.29) is 24.0 Å². The Balaban J connectivity index is 0.00000312. The second-order valence-electron chi connectivity index (χ2n) is 6.80. The van der Waals surface area contributed by atoms with Crippen molar-refractivity contribution in [2.24, 2.45) is 10.9 Å². The minimum Gasteiger partial charge on any atom is -0.496 e. The van der Waals surface area contributed by atoms with E-state index in [2.05, 4.69) is 59.7 Å². The molecule has 25 heavy (non-hydrogen) atoms. The number of guanidine groups is 1.